The van der Waals surface area contributed by atoms with E-state index in [9.17, 15) is 9.59 Å². The number of amides is 2. The molecule has 0 unspecified atom stereocenters. The van der Waals surface area contributed by atoms with Crippen LogP contribution in [0.25, 0.3) is 5.69 Å². The lowest BCUT2D eigenvalue weighted by Crippen LogP contribution is -2.34. The van der Waals surface area contributed by atoms with Gasteiger partial charge in [-0.05, 0) is 37.3 Å². The van der Waals surface area contributed by atoms with E-state index in [1.807, 2.05) is 48.1 Å². The zero-order valence-electron chi connectivity index (χ0n) is 13.8. The van der Waals surface area contributed by atoms with Crippen LogP contribution in [0.3, 0.4) is 0 Å². The molecule has 0 atom stereocenters. The fourth-order valence-electron chi connectivity index (χ4n) is 2.63. The lowest BCUT2D eigenvalue weighted by Gasteiger charge is -2.15. The first kappa shape index (κ1) is 16.8. The smallest absolute Gasteiger partial charge is 0.277 e. The van der Waals surface area contributed by atoms with Gasteiger partial charge < -0.3 is 19.7 Å². The molecule has 7 nitrogen and oxygen atoms in total. The molecule has 0 saturated carbocycles. The zero-order valence-corrected chi connectivity index (χ0v) is 13.8. The molecule has 25 heavy (non-hydrogen) atoms. The van der Waals surface area contributed by atoms with E-state index in [0.717, 1.165) is 10.6 Å². The van der Waals surface area contributed by atoms with E-state index in [1.54, 1.807) is 6.07 Å². The molecule has 1 aromatic carbocycles. The summed E-state index contributed by atoms with van der Waals surface area (Å²) >= 11 is 0. The summed E-state index contributed by atoms with van der Waals surface area (Å²) in [6.07, 6.45) is 5.03. The zero-order chi connectivity index (χ0) is 17.8. The number of anilines is 1. The van der Waals surface area contributed by atoms with Gasteiger partial charge in [0, 0.05) is 24.2 Å². The topological polar surface area (TPSA) is 83.8 Å². The third kappa shape index (κ3) is 3.41. The van der Waals surface area contributed by atoms with Gasteiger partial charge in [-0.3, -0.25) is 14.5 Å². The molecule has 0 aliphatic carbocycles. The van der Waals surface area contributed by atoms with Crippen molar-refractivity contribution in [2.24, 2.45) is 0 Å². The van der Waals surface area contributed by atoms with Crippen LogP contribution < -0.4 is 10.1 Å². The fraction of sp³-hybridized carbons (Fsp3) is 0.222. The molecule has 3 rings (SSSR count). The highest BCUT2D eigenvalue weighted by atomic mass is 16.5. The van der Waals surface area contributed by atoms with E-state index >= 15 is 0 Å². The first-order valence-corrected chi connectivity index (χ1v) is 7.99. The Morgan fingerprint density at radius 3 is 2.64 bits per heavy atom. The number of benzene rings is 1. The van der Waals surface area contributed by atoms with Crippen molar-refractivity contribution in [3.63, 3.8) is 0 Å². The summed E-state index contributed by atoms with van der Waals surface area (Å²) in [7, 11) is 0. The maximum atomic E-state index is 12.2. The minimum atomic E-state index is -0.449. The van der Waals surface area contributed by atoms with Crippen molar-refractivity contribution in [1.82, 2.24) is 9.47 Å². The molecule has 7 heteroatoms. The number of aromatic nitrogens is 1. The van der Waals surface area contributed by atoms with E-state index in [0.29, 0.717) is 18.0 Å². The van der Waals surface area contributed by atoms with E-state index in [2.05, 4.69) is 5.32 Å². The molecule has 1 aliphatic heterocycles. The van der Waals surface area contributed by atoms with Gasteiger partial charge in [-0.1, -0.05) is 0 Å². The molecule has 1 aromatic heterocycles. The number of aliphatic hydroxyl groups excluding tert-OH is 1. The largest absolute Gasteiger partial charge is 0.492 e. The summed E-state index contributed by atoms with van der Waals surface area (Å²) in [6.45, 7) is 2.17. The van der Waals surface area contributed by atoms with Crippen LogP contribution in [-0.4, -0.2) is 46.1 Å². The Bertz CT molecular complexity index is 812. The Labute approximate surface area is 145 Å². The molecule has 0 radical (unpaired) electrons. The highest BCUT2D eigenvalue weighted by Crippen LogP contribution is 2.28. The van der Waals surface area contributed by atoms with Gasteiger partial charge in [-0.15, -0.1) is 0 Å². The summed E-state index contributed by atoms with van der Waals surface area (Å²) in [5, 5.41) is 11.9. The number of nitrogens with zero attached hydrogens (tertiary/aromatic N) is 2. The Morgan fingerprint density at radius 2 is 1.96 bits per heavy atom. The van der Waals surface area contributed by atoms with Crippen molar-refractivity contribution < 1.29 is 19.4 Å². The number of hydrogen-bond donors (Lipinski definition) is 2. The number of carbonyl (C=O) groups excluding carboxylic acids is 2. The Kier molecular flexibility index (Phi) is 4.85. The van der Waals surface area contributed by atoms with Gasteiger partial charge in [-0.25, -0.2) is 0 Å². The molecule has 2 amide bonds. The first-order valence-electron chi connectivity index (χ1n) is 7.99. The summed E-state index contributed by atoms with van der Waals surface area (Å²) in [6, 6.07) is 9.26. The number of hydrogen-bond acceptors (Lipinski definition) is 5. The summed E-state index contributed by atoms with van der Waals surface area (Å²) in [5.74, 6) is -0.164. The maximum Gasteiger partial charge on any atom is 0.277 e. The van der Waals surface area contributed by atoms with Gasteiger partial charge in [-0.2, -0.15) is 0 Å². The van der Waals surface area contributed by atoms with Crippen LogP contribution in [0.15, 0.2) is 54.5 Å². The number of carbonyl (C=O) groups is 2. The molecular formula is C18H19N3O4. The standard InChI is InChI=1S/C18H19N3O4/c1-2-25-16-6-5-13(11-15(16)20-7-3-4-8-20)19-14-12-17(23)21(9-10-22)18(14)24/h3-8,11-12,19,22H,2,9-10H2,1H3. The van der Waals surface area contributed by atoms with Gasteiger partial charge >= 0.3 is 0 Å². The lowest BCUT2D eigenvalue weighted by molar-refractivity contribution is -0.137. The van der Waals surface area contributed by atoms with Crippen LogP contribution in [0.4, 0.5) is 5.69 Å². The molecule has 2 N–H and O–H groups in total. The first-order chi connectivity index (χ1) is 12.1. The molecule has 0 fully saturated rings. The van der Waals surface area contributed by atoms with Gasteiger partial charge in [0.1, 0.15) is 11.4 Å². The van der Waals surface area contributed by atoms with Crippen LogP contribution >= 0.6 is 0 Å². The van der Waals surface area contributed by atoms with Crippen LogP contribution in [0.1, 0.15) is 6.92 Å². The Morgan fingerprint density at radius 1 is 1.20 bits per heavy atom. The van der Waals surface area contributed by atoms with Crippen LogP contribution in [0.5, 0.6) is 5.75 Å². The van der Waals surface area contributed by atoms with Crippen LogP contribution in [-0.2, 0) is 9.59 Å². The maximum absolute atomic E-state index is 12.2. The SMILES string of the molecule is CCOc1ccc(NC2=CC(=O)N(CCO)C2=O)cc1-n1cccc1. The molecular weight excluding hydrogens is 322 g/mol. The molecule has 130 valence electrons. The van der Waals surface area contributed by atoms with E-state index in [4.69, 9.17) is 9.84 Å². The minimum Gasteiger partial charge on any atom is -0.492 e. The average Bonchev–Trinajstić information content (AvgIpc) is 3.21. The number of rotatable bonds is 7. The third-order valence-corrected chi connectivity index (χ3v) is 3.75. The van der Waals surface area contributed by atoms with Gasteiger partial charge in [0.05, 0.1) is 25.4 Å². The molecule has 0 saturated heterocycles. The average molecular weight is 341 g/mol. The molecule has 2 aromatic rings. The van der Waals surface area contributed by atoms with Gasteiger partial charge in [0.2, 0.25) is 0 Å². The van der Waals surface area contributed by atoms with E-state index < -0.39 is 11.8 Å². The van der Waals surface area contributed by atoms with Crippen LogP contribution in [0.2, 0.25) is 0 Å². The number of imide groups is 1. The summed E-state index contributed by atoms with van der Waals surface area (Å²) in [5.41, 5.74) is 1.66. The fourth-order valence-corrected chi connectivity index (χ4v) is 2.63. The number of ether oxygens (including phenoxy) is 1. The highest BCUT2D eigenvalue weighted by Gasteiger charge is 2.30. The quantitative estimate of drug-likeness (QED) is 0.746. The summed E-state index contributed by atoms with van der Waals surface area (Å²) < 4.78 is 7.56. The molecule has 1 aliphatic rings. The van der Waals surface area contributed by atoms with Crippen molar-refractivity contribution in [3.8, 4) is 11.4 Å². The van der Waals surface area contributed by atoms with Crippen molar-refractivity contribution in [1.29, 1.82) is 0 Å². The summed E-state index contributed by atoms with van der Waals surface area (Å²) in [4.78, 5) is 25.1. The molecule has 2 heterocycles. The monoisotopic (exact) mass is 341 g/mol. The molecule has 0 bridgehead atoms. The third-order valence-electron chi connectivity index (χ3n) is 3.75. The Balaban J connectivity index is 1.87. The van der Waals surface area contributed by atoms with E-state index in [-0.39, 0.29) is 18.8 Å². The second-order valence-corrected chi connectivity index (χ2v) is 5.41. The van der Waals surface area contributed by atoms with Crippen molar-refractivity contribution in [2.75, 3.05) is 25.1 Å². The van der Waals surface area contributed by atoms with Gasteiger partial charge in [0.25, 0.3) is 11.8 Å². The normalized spacial score (nSPS) is 14.0. The lowest BCUT2D eigenvalue weighted by atomic mass is 10.2. The predicted molar refractivity (Wildman–Crippen MR) is 92.4 cm³/mol. The second kappa shape index (κ2) is 7.23. The molecule has 0 spiro atoms. The van der Waals surface area contributed by atoms with Crippen molar-refractivity contribution in [2.45, 2.75) is 6.92 Å². The van der Waals surface area contributed by atoms with Gasteiger partial charge in [0.15, 0.2) is 0 Å². The number of nitrogens with one attached hydrogen (secondary N) is 1. The van der Waals surface area contributed by atoms with Crippen molar-refractivity contribution in [3.05, 3.63) is 54.5 Å². The predicted octanol–water partition coefficient (Wildman–Crippen LogP) is 1.53. The van der Waals surface area contributed by atoms with Crippen molar-refractivity contribution >= 4 is 17.5 Å². The highest BCUT2D eigenvalue weighted by molar-refractivity contribution is 6.17. The van der Waals surface area contributed by atoms with Crippen LogP contribution in [0, 0.1) is 0 Å². The Hall–Kier alpha value is -3.06. The minimum absolute atomic E-state index is 0.0166. The van der Waals surface area contributed by atoms with E-state index in [1.165, 1.54) is 6.08 Å². The second-order valence-electron chi connectivity index (χ2n) is 5.41. The number of β-amino-alcohol motifs (C(OH)–C–C–N with tert-alkyl or cyclic N) is 1. The number of aliphatic hydroxyl groups is 1.